The minimum atomic E-state index is -4.55. The third kappa shape index (κ3) is 6.89. The first kappa shape index (κ1) is 28.0. The molecule has 0 spiro atoms. The van der Waals surface area contributed by atoms with Gasteiger partial charge in [0.15, 0.2) is 0 Å². The third-order valence-electron chi connectivity index (χ3n) is 7.36. The number of carbonyl (C=O) groups excluding carboxylic acids is 2. The second-order valence-corrected chi connectivity index (χ2v) is 10.1. The number of carbonyl (C=O) groups is 2. The maximum absolute atomic E-state index is 12.9. The Bertz CT molecular complexity index is 1120. The molecule has 1 unspecified atom stereocenters. The molecule has 4 rings (SSSR count). The highest BCUT2D eigenvalue weighted by atomic mass is 19.4. The summed E-state index contributed by atoms with van der Waals surface area (Å²) in [6, 6.07) is 8.32. The number of aromatic nitrogens is 1. The summed E-state index contributed by atoms with van der Waals surface area (Å²) in [5, 5.41) is 20.3. The lowest BCUT2D eigenvalue weighted by Crippen LogP contribution is -2.46. The highest BCUT2D eigenvalue weighted by Crippen LogP contribution is 2.36. The predicted molar refractivity (Wildman–Crippen MR) is 135 cm³/mol. The molecule has 11 heteroatoms. The Morgan fingerprint density at radius 2 is 1.89 bits per heavy atom. The molecular weight excluding hydrogens is 499 g/mol. The smallest absolute Gasteiger partial charge is 0.384 e. The van der Waals surface area contributed by atoms with Crippen LogP contribution in [0.3, 0.4) is 0 Å². The summed E-state index contributed by atoms with van der Waals surface area (Å²) >= 11 is 0. The fourth-order valence-corrected chi connectivity index (χ4v) is 5.19. The molecule has 38 heavy (non-hydrogen) atoms. The van der Waals surface area contributed by atoms with Gasteiger partial charge < -0.3 is 26.0 Å². The lowest BCUT2D eigenvalue weighted by Gasteiger charge is -2.37. The van der Waals surface area contributed by atoms with Crippen molar-refractivity contribution in [2.24, 2.45) is 0 Å². The predicted octanol–water partition coefficient (Wildman–Crippen LogP) is 2.57. The number of likely N-dealkylation sites (tertiary alicyclic amines) is 1. The van der Waals surface area contributed by atoms with Crippen molar-refractivity contribution in [3.63, 3.8) is 0 Å². The molecule has 0 radical (unpaired) electrons. The lowest BCUT2D eigenvalue weighted by atomic mass is 9.79. The molecule has 2 amide bonds. The Balaban J connectivity index is 1.21. The van der Waals surface area contributed by atoms with Gasteiger partial charge in [0.2, 0.25) is 5.91 Å². The molecule has 0 bridgehead atoms. The van der Waals surface area contributed by atoms with Crippen LogP contribution in [-0.2, 0) is 23.1 Å². The van der Waals surface area contributed by atoms with E-state index in [1.54, 1.807) is 11.1 Å². The number of nitrogens with one attached hydrogen (secondary N) is 3. The molecule has 8 nitrogen and oxygen atoms in total. The molecule has 2 aliphatic rings. The van der Waals surface area contributed by atoms with Crippen molar-refractivity contribution in [1.82, 2.24) is 25.8 Å². The molecule has 1 aromatic heterocycles. The topological polar surface area (TPSA) is 107 Å². The number of hydrogen-bond acceptors (Lipinski definition) is 6. The molecule has 1 saturated heterocycles. The number of benzene rings is 1. The number of hydrogen-bond donors (Lipinski definition) is 4. The number of rotatable bonds is 8. The number of amides is 2. The molecule has 2 heterocycles. The van der Waals surface area contributed by atoms with Gasteiger partial charge in [-0.2, -0.15) is 13.2 Å². The van der Waals surface area contributed by atoms with Crippen LogP contribution in [0, 0.1) is 0 Å². The number of alkyl halides is 3. The van der Waals surface area contributed by atoms with Crippen molar-refractivity contribution < 1.29 is 27.9 Å². The molecular formula is C27H34F3N5O3. The van der Waals surface area contributed by atoms with E-state index >= 15 is 0 Å². The zero-order valence-electron chi connectivity index (χ0n) is 21.4. The van der Waals surface area contributed by atoms with E-state index in [9.17, 15) is 27.9 Å². The Labute approximate surface area is 220 Å². The van der Waals surface area contributed by atoms with Crippen molar-refractivity contribution in [2.75, 3.05) is 26.7 Å². The molecule has 2 aromatic rings. The zero-order chi connectivity index (χ0) is 27.3. The van der Waals surface area contributed by atoms with Gasteiger partial charge in [0.25, 0.3) is 5.91 Å². The van der Waals surface area contributed by atoms with Gasteiger partial charge in [-0.05, 0) is 69.0 Å². The normalized spacial score (nSPS) is 23.9. The van der Waals surface area contributed by atoms with Gasteiger partial charge >= 0.3 is 6.18 Å². The average Bonchev–Trinajstić information content (AvgIpc) is 3.37. The van der Waals surface area contributed by atoms with E-state index in [2.05, 4.69) is 20.9 Å². The van der Waals surface area contributed by atoms with Gasteiger partial charge in [0.1, 0.15) is 5.60 Å². The van der Waals surface area contributed by atoms with E-state index in [4.69, 9.17) is 0 Å². The standard InChI is InChI=1S/C27H34F3N5O3/c1-31-14-18-5-6-23(32-15-18)26(38)10-7-21(8-11-26)34-22-9-12-35(17-22)24(36)16-33-25(37)19-3-2-4-20(13-19)27(28,29)30/h2-6,13,15,21-22,31,34,38H,7-12,14,16-17H2,1H3,(H,33,37). The van der Waals surface area contributed by atoms with Crippen molar-refractivity contribution in [3.05, 3.63) is 65.0 Å². The molecule has 1 atom stereocenters. The molecule has 206 valence electrons. The minimum Gasteiger partial charge on any atom is -0.384 e. The maximum Gasteiger partial charge on any atom is 0.416 e. The van der Waals surface area contributed by atoms with Gasteiger partial charge in [-0.15, -0.1) is 0 Å². The van der Waals surface area contributed by atoms with Crippen LogP contribution in [0.15, 0.2) is 42.6 Å². The SMILES string of the molecule is CNCc1ccc(C2(O)CCC(NC3CCN(C(=O)CNC(=O)c4cccc(C(F)(F)F)c4)C3)CC2)nc1. The first-order valence-electron chi connectivity index (χ1n) is 12.9. The second kappa shape index (κ2) is 11.8. The van der Waals surface area contributed by atoms with Crippen LogP contribution in [0.4, 0.5) is 13.2 Å². The first-order valence-corrected chi connectivity index (χ1v) is 12.9. The van der Waals surface area contributed by atoms with E-state index in [-0.39, 0.29) is 30.1 Å². The van der Waals surface area contributed by atoms with Crippen molar-refractivity contribution >= 4 is 11.8 Å². The summed E-state index contributed by atoms with van der Waals surface area (Å²) in [5.41, 5.74) is -0.239. The van der Waals surface area contributed by atoms with Crippen LogP contribution < -0.4 is 16.0 Å². The lowest BCUT2D eigenvalue weighted by molar-refractivity contribution is -0.137. The Morgan fingerprint density at radius 3 is 2.55 bits per heavy atom. The quantitative estimate of drug-likeness (QED) is 0.416. The summed E-state index contributed by atoms with van der Waals surface area (Å²) in [5.74, 6) is -1.00. The largest absolute Gasteiger partial charge is 0.416 e. The Kier molecular flexibility index (Phi) is 8.69. The number of pyridine rings is 1. The fourth-order valence-electron chi connectivity index (χ4n) is 5.19. The van der Waals surface area contributed by atoms with E-state index in [0.717, 1.165) is 43.5 Å². The van der Waals surface area contributed by atoms with Crippen LogP contribution in [0.5, 0.6) is 0 Å². The highest BCUT2D eigenvalue weighted by Gasteiger charge is 2.37. The van der Waals surface area contributed by atoms with Crippen LogP contribution in [-0.4, -0.2) is 65.6 Å². The minimum absolute atomic E-state index is 0.105. The highest BCUT2D eigenvalue weighted by molar-refractivity contribution is 5.96. The molecule has 1 aromatic carbocycles. The summed E-state index contributed by atoms with van der Waals surface area (Å²) in [7, 11) is 1.87. The number of nitrogens with zero attached hydrogens (tertiary/aromatic N) is 2. The van der Waals surface area contributed by atoms with Gasteiger partial charge in [0.05, 0.1) is 17.8 Å². The van der Waals surface area contributed by atoms with Crippen molar-refractivity contribution in [1.29, 1.82) is 0 Å². The molecule has 4 N–H and O–H groups in total. The monoisotopic (exact) mass is 533 g/mol. The van der Waals surface area contributed by atoms with E-state index < -0.39 is 23.2 Å². The third-order valence-corrected chi connectivity index (χ3v) is 7.36. The van der Waals surface area contributed by atoms with Crippen LogP contribution in [0.25, 0.3) is 0 Å². The van der Waals surface area contributed by atoms with E-state index in [1.807, 2.05) is 19.2 Å². The number of halogens is 3. The van der Waals surface area contributed by atoms with Gasteiger partial charge in [0, 0.05) is 43.5 Å². The zero-order valence-corrected chi connectivity index (χ0v) is 21.4. The fraction of sp³-hybridized carbons (Fsp3) is 0.519. The van der Waals surface area contributed by atoms with Crippen LogP contribution in [0.2, 0.25) is 0 Å². The summed E-state index contributed by atoms with van der Waals surface area (Å²) < 4.78 is 38.7. The van der Waals surface area contributed by atoms with Gasteiger partial charge in [-0.3, -0.25) is 14.6 Å². The summed E-state index contributed by atoms with van der Waals surface area (Å²) in [4.78, 5) is 31.0. The van der Waals surface area contributed by atoms with E-state index in [1.165, 1.54) is 12.1 Å². The molecule has 1 saturated carbocycles. The molecule has 2 fully saturated rings. The number of aliphatic hydroxyl groups is 1. The van der Waals surface area contributed by atoms with Crippen LogP contribution >= 0.6 is 0 Å². The first-order chi connectivity index (χ1) is 18.1. The van der Waals surface area contributed by atoms with Crippen molar-refractivity contribution in [2.45, 2.75) is 62.5 Å². The summed E-state index contributed by atoms with van der Waals surface area (Å²) in [6.45, 7) is 1.47. The van der Waals surface area contributed by atoms with Gasteiger partial charge in [-0.1, -0.05) is 12.1 Å². The second-order valence-electron chi connectivity index (χ2n) is 10.1. The molecule has 1 aliphatic carbocycles. The molecule has 1 aliphatic heterocycles. The van der Waals surface area contributed by atoms with E-state index in [0.29, 0.717) is 31.6 Å². The summed E-state index contributed by atoms with van der Waals surface area (Å²) in [6.07, 6.45) is 0.778. The maximum atomic E-state index is 12.9. The Morgan fingerprint density at radius 1 is 1.13 bits per heavy atom. The van der Waals surface area contributed by atoms with Gasteiger partial charge in [-0.25, -0.2) is 0 Å². The average molecular weight is 534 g/mol. The van der Waals surface area contributed by atoms with Crippen LogP contribution in [0.1, 0.15) is 59.3 Å². The van der Waals surface area contributed by atoms with Crippen molar-refractivity contribution in [3.8, 4) is 0 Å². The Hall–Kier alpha value is -3.02.